The van der Waals surface area contributed by atoms with Crippen LogP contribution in [0.15, 0.2) is 11.6 Å². The first-order chi connectivity index (χ1) is 10.8. The number of allylic oxidation sites excluding steroid dienone is 1. The topological polar surface area (TPSA) is 37.3 Å². The Morgan fingerprint density at radius 3 is 2.83 bits per heavy atom. The van der Waals surface area contributed by atoms with Gasteiger partial charge < -0.3 is 5.11 Å². The predicted octanol–water partition coefficient (Wildman–Crippen LogP) is 4.13. The van der Waals surface area contributed by atoms with Gasteiger partial charge in [-0.25, -0.2) is 0 Å². The van der Waals surface area contributed by atoms with Crippen molar-refractivity contribution in [2.45, 2.75) is 71.8 Å². The Bertz CT molecular complexity index is 621. The molecule has 4 unspecified atom stereocenters. The van der Waals surface area contributed by atoms with Crippen LogP contribution in [-0.4, -0.2) is 17.0 Å². The van der Waals surface area contributed by atoms with Gasteiger partial charge >= 0.3 is 0 Å². The number of hydrogen-bond donors (Lipinski definition) is 1. The van der Waals surface area contributed by atoms with E-state index in [-0.39, 0.29) is 16.9 Å². The summed E-state index contributed by atoms with van der Waals surface area (Å²) in [5.74, 6) is 3.28. The summed E-state index contributed by atoms with van der Waals surface area (Å²) in [5, 5.41) is 10.7. The zero-order valence-corrected chi connectivity index (χ0v) is 14.8. The highest BCUT2D eigenvalue weighted by molar-refractivity contribution is 5.91. The molecule has 0 saturated heterocycles. The zero-order chi connectivity index (χ0) is 16.2. The fourth-order valence-corrected chi connectivity index (χ4v) is 8.15. The average Bonchev–Trinajstić information content (AvgIpc) is 3.14. The lowest BCUT2D eigenvalue weighted by atomic mass is 9.43. The molecule has 5 aliphatic carbocycles. The highest BCUT2D eigenvalue weighted by Gasteiger charge is 2.78. The molecule has 0 amide bonds. The SMILES string of the molecule is CC1CC2=CC(=O)CC[C@]2(C)[C@H]2CC[C@]3(C)C(O)CC4CC43[C@H]12. The molecule has 8 atom stereocenters. The van der Waals surface area contributed by atoms with E-state index >= 15 is 0 Å². The third-order valence-corrected chi connectivity index (χ3v) is 9.39. The van der Waals surface area contributed by atoms with Crippen molar-refractivity contribution in [2.75, 3.05) is 0 Å². The van der Waals surface area contributed by atoms with E-state index in [9.17, 15) is 9.90 Å². The maximum atomic E-state index is 12.0. The number of aliphatic hydroxyl groups excluding tert-OH is 1. The van der Waals surface area contributed by atoms with Crippen molar-refractivity contribution in [3.63, 3.8) is 0 Å². The summed E-state index contributed by atoms with van der Waals surface area (Å²) in [6, 6.07) is 0. The lowest BCUT2D eigenvalue weighted by Gasteiger charge is -2.61. The summed E-state index contributed by atoms with van der Waals surface area (Å²) >= 11 is 0. The second-order valence-corrected chi connectivity index (χ2v) is 10.0. The first kappa shape index (κ1) is 14.7. The van der Waals surface area contributed by atoms with E-state index in [2.05, 4.69) is 20.8 Å². The average molecular weight is 314 g/mol. The molecular weight excluding hydrogens is 284 g/mol. The predicted molar refractivity (Wildman–Crippen MR) is 89.7 cm³/mol. The molecule has 23 heavy (non-hydrogen) atoms. The molecule has 0 aromatic carbocycles. The van der Waals surface area contributed by atoms with Crippen molar-refractivity contribution in [1.82, 2.24) is 0 Å². The van der Waals surface area contributed by atoms with Gasteiger partial charge in [-0.05, 0) is 84.5 Å². The number of aliphatic hydroxyl groups is 1. The van der Waals surface area contributed by atoms with E-state index in [1.54, 1.807) is 0 Å². The fourth-order valence-electron chi connectivity index (χ4n) is 8.15. The van der Waals surface area contributed by atoms with Crippen LogP contribution >= 0.6 is 0 Å². The van der Waals surface area contributed by atoms with Crippen molar-refractivity contribution in [1.29, 1.82) is 0 Å². The number of carbonyl (C=O) groups is 1. The number of ketones is 1. The first-order valence-electron chi connectivity index (χ1n) is 9.75. The molecule has 2 nitrogen and oxygen atoms in total. The third kappa shape index (κ3) is 1.49. The summed E-state index contributed by atoms with van der Waals surface area (Å²) in [4.78, 5) is 12.0. The standard InChI is InChI=1S/C21H30O2/c1-12-8-13-9-15(22)4-6-19(13,2)16-5-7-20(3)17(23)10-14-11-21(14,20)18(12)16/h9,12,14,16-18,23H,4-8,10-11H2,1-3H3/t12?,14?,16-,17?,18+,19-,20+,21?/m0/s1. The van der Waals surface area contributed by atoms with Crippen molar-refractivity contribution in [3.8, 4) is 0 Å². The van der Waals surface area contributed by atoms with E-state index in [1.807, 2.05) is 6.08 Å². The van der Waals surface area contributed by atoms with Crippen LogP contribution in [0.5, 0.6) is 0 Å². The van der Waals surface area contributed by atoms with Crippen molar-refractivity contribution < 1.29 is 9.90 Å². The van der Waals surface area contributed by atoms with Gasteiger partial charge in [-0.2, -0.15) is 0 Å². The smallest absolute Gasteiger partial charge is 0.155 e. The molecule has 1 N–H and O–H groups in total. The summed E-state index contributed by atoms with van der Waals surface area (Å²) in [6.45, 7) is 7.28. The normalized spacial score (nSPS) is 60.3. The zero-order valence-electron chi connectivity index (χ0n) is 14.8. The first-order valence-corrected chi connectivity index (χ1v) is 9.75. The van der Waals surface area contributed by atoms with Gasteiger partial charge in [-0.15, -0.1) is 0 Å². The minimum atomic E-state index is -0.0768. The lowest BCUT2D eigenvalue weighted by molar-refractivity contribution is -0.126. The van der Waals surface area contributed by atoms with Gasteiger partial charge in [-0.1, -0.05) is 26.3 Å². The van der Waals surface area contributed by atoms with Crippen molar-refractivity contribution in [2.24, 2.45) is 39.9 Å². The van der Waals surface area contributed by atoms with Gasteiger partial charge in [0.2, 0.25) is 0 Å². The number of fused-ring (bicyclic) bond motifs is 3. The van der Waals surface area contributed by atoms with E-state index in [1.165, 1.54) is 24.8 Å². The Kier molecular flexibility index (Phi) is 2.63. The van der Waals surface area contributed by atoms with Crippen LogP contribution in [0.25, 0.3) is 0 Å². The third-order valence-electron chi connectivity index (χ3n) is 9.39. The van der Waals surface area contributed by atoms with Crippen LogP contribution in [0.4, 0.5) is 0 Å². The molecule has 0 aliphatic heterocycles. The molecule has 5 rings (SSSR count). The van der Waals surface area contributed by atoms with Crippen LogP contribution in [0.2, 0.25) is 0 Å². The number of hydrogen-bond acceptors (Lipinski definition) is 2. The van der Waals surface area contributed by atoms with E-state index in [0.29, 0.717) is 17.1 Å². The van der Waals surface area contributed by atoms with Crippen molar-refractivity contribution in [3.05, 3.63) is 11.6 Å². The van der Waals surface area contributed by atoms with Crippen LogP contribution in [0.3, 0.4) is 0 Å². The number of carbonyl (C=O) groups excluding carboxylic acids is 1. The largest absolute Gasteiger partial charge is 0.393 e. The van der Waals surface area contributed by atoms with Gasteiger partial charge in [0.15, 0.2) is 5.78 Å². The molecule has 1 spiro atoms. The Morgan fingerprint density at radius 2 is 2.04 bits per heavy atom. The maximum Gasteiger partial charge on any atom is 0.155 e. The maximum absolute atomic E-state index is 12.0. The minimum Gasteiger partial charge on any atom is -0.393 e. The van der Waals surface area contributed by atoms with Gasteiger partial charge in [0.25, 0.3) is 0 Å². The molecule has 126 valence electrons. The van der Waals surface area contributed by atoms with Crippen LogP contribution < -0.4 is 0 Å². The summed E-state index contributed by atoms with van der Waals surface area (Å²) < 4.78 is 0. The molecule has 0 heterocycles. The van der Waals surface area contributed by atoms with Gasteiger partial charge in [-0.3, -0.25) is 4.79 Å². The summed E-state index contributed by atoms with van der Waals surface area (Å²) in [7, 11) is 0. The molecule has 2 heteroatoms. The Labute approximate surface area is 139 Å². The Hall–Kier alpha value is -0.630. The van der Waals surface area contributed by atoms with Crippen LogP contribution in [-0.2, 0) is 4.79 Å². The second-order valence-electron chi connectivity index (χ2n) is 10.0. The fraction of sp³-hybridized carbons (Fsp3) is 0.857. The Balaban J connectivity index is 1.61. The molecule has 0 bridgehead atoms. The molecule has 4 saturated carbocycles. The van der Waals surface area contributed by atoms with Crippen molar-refractivity contribution >= 4 is 5.78 Å². The summed E-state index contributed by atoms with van der Waals surface area (Å²) in [5.41, 5.74) is 2.29. The molecule has 0 aromatic heterocycles. The lowest BCUT2D eigenvalue weighted by Crippen LogP contribution is -2.56. The van der Waals surface area contributed by atoms with E-state index < -0.39 is 0 Å². The van der Waals surface area contributed by atoms with E-state index in [0.717, 1.165) is 43.4 Å². The quantitative estimate of drug-likeness (QED) is 0.730. The van der Waals surface area contributed by atoms with E-state index in [4.69, 9.17) is 0 Å². The molecule has 0 radical (unpaired) electrons. The molecule has 0 aromatic rings. The molecular formula is C21H30O2. The van der Waals surface area contributed by atoms with Gasteiger partial charge in [0.05, 0.1) is 6.10 Å². The molecule has 5 aliphatic rings. The van der Waals surface area contributed by atoms with Gasteiger partial charge in [0.1, 0.15) is 0 Å². The highest BCUT2D eigenvalue weighted by Crippen LogP contribution is 2.83. The van der Waals surface area contributed by atoms with Gasteiger partial charge in [0, 0.05) is 6.42 Å². The van der Waals surface area contributed by atoms with Crippen LogP contribution in [0, 0.1) is 39.9 Å². The molecule has 4 fully saturated rings. The second kappa shape index (κ2) is 4.12. The summed E-state index contributed by atoms with van der Waals surface area (Å²) in [6.07, 6.45) is 9.70. The van der Waals surface area contributed by atoms with Crippen LogP contribution in [0.1, 0.15) is 65.7 Å². The monoisotopic (exact) mass is 314 g/mol. The highest BCUT2D eigenvalue weighted by atomic mass is 16.3. The number of rotatable bonds is 0. The Morgan fingerprint density at radius 1 is 1.26 bits per heavy atom. The minimum absolute atomic E-state index is 0.0768.